The van der Waals surface area contributed by atoms with Crippen LogP contribution in [-0.2, 0) is 19.1 Å². The van der Waals surface area contributed by atoms with Crippen molar-refractivity contribution in [2.75, 3.05) is 26.4 Å². The minimum atomic E-state index is -1.12. The van der Waals surface area contributed by atoms with Gasteiger partial charge in [-0.25, -0.2) is 28.0 Å². The van der Waals surface area contributed by atoms with Crippen molar-refractivity contribution in [3.63, 3.8) is 0 Å². The fourth-order valence-electron chi connectivity index (χ4n) is 3.88. The monoisotopic (exact) mass is 666 g/mol. The molecule has 3 rings (SSSR count). The summed E-state index contributed by atoms with van der Waals surface area (Å²) in [6.07, 6.45) is 4.80. The van der Waals surface area contributed by atoms with Crippen molar-refractivity contribution in [1.82, 2.24) is 0 Å². The fraction of sp³-hybridized carbons (Fsp3) is 0.278. The summed E-state index contributed by atoms with van der Waals surface area (Å²) in [5.74, 6) is -5.50. The number of benzene rings is 3. The number of ether oxygens (including phenoxy) is 6. The summed E-state index contributed by atoms with van der Waals surface area (Å²) in [6.45, 7) is 9.55. The van der Waals surface area contributed by atoms with Crippen molar-refractivity contribution in [2.24, 2.45) is 0 Å². The Labute approximate surface area is 276 Å². The van der Waals surface area contributed by atoms with Gasteiger partial charge in [0.15, 0.2) is 23.1 Å². The molecule has 0 aliphatic heterocycles. The van der Waals surface area contributed by atoms with Crippen molar-refractivity contribution in [3.05, 3.63) is 108 Å². The number of unbranched alkanes of at least 4 members (excludes halogenated alkanes) is 3. The van der Waals surface area contributed by atoms with Crippen LogP contribution in [0.2, 0.25) is 0 Å². The Morgan fingerprint density at radius 3 is 1.54 bits per heavy atom. The van der Waals surface area contributed by atoms with E-state index in [9.17, 15) is 28.0 Å². The first-order valence-electron chi connectivity index (χ1n) is 15.1. The zero-order valence-corrected chi connectivity index (χ0v) is 26.5. The molecule has 0 saturated carbocycles. The highest BCUT2D eigenvalue weighted by Crippen LogP contribution is 2.28. The number of halogens is 2. The van der Waals surface area contributed by atoms with Gasteiger partial charge in [-0.05, 0) is 81.1 Å². The van der Waals surface area contributed by atoms with Gasteiger partial charge in [0.25, 0.3) is 0 Å². The van der Waals surface area contributed by atoms with Gasteiger partial charge in [0.2, 0.25) is 0 Å². The van der Waals surface area contributed by atoms with Crippen molar-refractivity contribution < 1.29 is 56.4 Å². The van der Waals surface area contributed by atoms with E-state index in [0.29, 0.717) is 48.8 Å². The molecule has 0 unspecified atom stereocenters. The number of carbonyl (C=O) groups is 4. The molecule has 0 atom stereocenters. The summed E-state index contributed by atoms with van der Waals surface area (Å²) in [5.41, 5.74) is 0.419. The number of hydrogen-bond donors (Lipinski definition) is 0. The number of rotatable bonds is 19. The molecule has 3 aromatic carbocycles. The molecule has 3 aromatic rings. The zero-order chi connectivity index (χ0) is 34.9. The number of carbonyl (C=O) groups excluding carboxylic acids is 4. The third kappa shape index (κ3) is 12.3. The van der Waals surface area contributed by atoms with E-state index in [4.69, 9.17) is 28.4 Å². The van der Waals surface area contributed by atoms with Crippen LogP contribution in [0.1, 0.15) is 59.7 Å². The van der Waals surface area contributed by atoms with Crippen LogP contribution in [0.25, 0.3) is 0 Å². The molecule has 0 aliphatic carbocycles. The maximum absolute atomic E-state index is 14.7. The zero-order valence-electron chi connectivity index (χ0n) is 26.5. The van der Waals surface area contributed by atoms with Gasteiger partial charge in [-0.15, -0.1) is 0 Å². The van der Waals surface area contributed by atoms with E-state index in [1.807, 2.05) is 0 Å². The highest BCUT2D eigenvalue weighted by Gasteiger charge is 2.19. The molecule has 0 amide bonds. The lowest BCUT2D eigenvalue weighted by Crippen LogP contribution is -2.12. The van der Waals surface area contributed by atoms with Gasteiger partial charge in [-0.3, -0.25) is 0 Å². The first-order chi connectivity index (χ1) is 23.1. The Morgan fingerprint density at radius 1 is 0.646 bits per heavy atom. The third-order valence-electron chi connectivity index (χ3n) is 6.43. The molecule has 10 nitrogen and oxygen atoms in total. The Morgan fingerprint density at radius 2 is 1.08 bits per heavy atom. The fourth-order valence-corrected chi connectivity index (χ4v) is 3.88. The van der Waals surface area contributed by atoms with Crippen LogP contribution < -0.4 is 18.9 Å². The Bertz CT molecular complexity index is 1580. The minimum Gasteiger partial charge on any atom is -0.494 e. The molecule has 0 saturated heterocycles. The predicted molar refractivity (Wildman–Crippen MR) is 170 cm³/mol. The second kappa shape index (κ2) is 19.2. The van der Waals surface area contributed by atoms with Gasteiger partial charge < -0.3 is 28.4 Å². The SMILES string of the molecule is C=CC(=O)OCCCCCCOc1ccc(C(=O)Oc2cc(F)c(OC(=O)c3ccc(OCCCOC(=O)C(=C)C)cc3)cc2F)cc1. The molecule has 0 radical (unpaired) electrons. The van der Waals surface area contributed by atoms with Crippen molar-refractivity contribution in [3.8, 4) is 23.0 Å². The third-order valence-corrected chi connectivity index (χ3v) is 6.43. The van der Waals surface area contributed by atoms with Gasteiger partial charge in [0.1, 0.15) is 11.5 Å². The van der Waals surface area contributed by atoms with Crippen LogP contribution in [0, 0.1) is 11.6 Å². The second-order valence-electron chi connectivity index (χ2n) is 10.3. The largest absolute Gasteiger partial charge is 0.494 e. The summed E-state index contributed by atoms with van der Waals surface area (Å²) < 4.78 is 60.6. The van der Waals surface area contributed by atoms with Gasteiger partial charge in [0.05, 0.1) is 37.6 Å². The van der Waals surface area contributed by atoms with Crippen molar-refractivity contribution in [2.45, 2.75) is 39.0 Å². The van der Waals surface area contributed by atoms with Crippen LogP contribution in [-0.4, -0.2) is 50.3 Å². The van der Waals surface area contributed by atoms with Crippen LogP contribution in [0.3, 0.4) is 0 Å². The van der Waals surface area contributed by atoms with E-state index in [-0.39, 0.29) is 24.3 Å². The van der Waals surface area contributed by atoms with Gasteiger partial charge >= 0.3 is 23.9 Å². The van der Waals surface area contributed by atoms with Crippen molar-refractivity contribution in [1.29, 1.82) is 0 Å². The molecule has 48 heavy (non-hydrogen) atoms. The summed E-state index contributed by atoms with van der Waals surface area (Å²) in [4.78, 5) is 47.4. The first kappa shape index (κ1) is 36.9. The molecule has 0 fully saturated rings. The average Bonchev–Trinajstić information content (AvgIpc) is 3.08. The van der Waals surface area contributed by atoms with E-state index >= 15 is 0 Å². The molecule has 0 N–H and O–H groups in total. The standard InChI is InChI=1S/C36H36F2O10/c1-4-33(39)45-19-8-6-5-7-18-43-27-14-10-25(11-15-27)35(41)47-31-22-30(38)32(23-29(31)37)48-36(42)26-12-16-28(17-13-26)44-20-9-21-46-34(40)24(2)3/h4,10-17,22-23H,1-2,5-9,18-21H2,3H3. The van der Waals surface area contributed by atoms with E-state index in [2.05, 4.69) is 13.2 Å². The summed E-state index contributed by atoms with van der Waals surface area (Å²) in [6, 6.07) is 12.9. The van der Waals surface area contributed by atoms with E-state index < -0.39 is 47.0 Å². The van der Waals surface area contributed by atoms with E-state index in [0.717, 1.165) is 31.8 Å². The second-order valence-corrected chi connectivity index (χ2v) is 10.3. The topological polar surface area (TPSA) is 124 Å². The smallest absolute Gasteiger partial charge is 0.343 e. The summed E-state index contributed by atoms with van der Waals surface area (Å²) >= 11 is 0. The highest BCUT2D eigenvalue weighted by molar-refractivity contribution is 5.92. The molecule has 0 aromatic heterocycles. The van der Waals surface area contributed by atoms with Gasteiger partial charge in [-0.2, -0.15) is 0 Å². The normalized spacial score (nSPS) is 10.4. The maximum atomic E-state index is 14.7. The molecule has 12 heteroatoms. The molecular weight excluding hydrogens is 630 g/mol. The number of esters is 4. The quantitative estimate of drug-likeness (QED) is 0.0574. The van der Waals surface area contributed by atoms with Crippen molar-refractivity contribution >= 4 is 23.9 Å². The average molecular weight is 667 g/mol. The molecule has 0 spiro atoms. The lowest BCUT2D eigenvalue weighted by atomic mass is 10.2. The van der Waals surface area contributed by atoms with Crippen LogP contribution >= 0.6 is 0 Å². The lowest BCUT2D eigenvalue weighted by Gasteiger charge is -2.11. The van der Waals surface area contributed by atoms with E-state index in [1.165, 1.54) is 36.4 Å². The predicted octanol–water partition coefficient (Wildman–Crippen LogP) is 6.96. The molecule has 0 bridgehead atoms. The maximum Gasteiger partial charge on any atom is 0.343 e. The van der Waals surface area contributed by atoms with Crippen LogP contribution in [0.4, 0.5) is 8.78 Å². The van der Waals surface area contributed by atoms with Crippen LogP contribution in [0.5, 0.6) is 23.0 Å². The number of hydrogen-bond acceptors (Lipinski definition) is 10. The van der Waals surface area contributed by atoms with Gasteiger partial charge in [-0.1, -0.05) is 13.2 Å². The lowest BCUT2D eigenvalue weighted by molar-refractivity contribution is -0.139. The summed E-state index contributed by atoms with van der Waals surface area (Å²) in [5, 5.41) is 0. The molecular formula is C36H36F2O10. The molecule has 0 aliphatic rings. The molecule has 0 heterocycles. The summed E-state index contributed by atoms with van der Waals surface area (Å²) in [7, 11) is 0. The molecule has 254 valence electrons. The Hall–Kier alpha value is -5.52. The van der Waals surface area contributed by atoms with Gasteiger partial charge in [0, 0.05) is 30.2 Å². The highest BCUT2D eigenvalue weighted by atomic mass is 19.1. The van der Waals surface area contributed by atoms with Crippen LogP contribution in [0.15, 0.2) is 85.5 Å². The minimum absolute atomic E-state index is 0.0456. The Balaban J connectivity index is 1.43. The first-order valence-corrected chi connectivity index (χ1v) is 15.1. The Kier molecular flexibility index (Phi) is 14.8. The van der Waals surface area contributed by atoms with E-state index in [1.54, 1.807) is 19.1 Å².